The second kappa shape index (κ2) is 4.04. The molecule has 0 saturated heterocycles. The van der Waals surface area contributed by atoms with Crippen molar-refractivity contribution >= 4 is 5.82 Å². The molecule has 0 aliphatic carbocycles. The lowest BCUT2D eigenvalue weighted by Crippen LogP contribution is -2.12. The van der Waals surface area contributed by atoms with Crippen molar-refractivity contribution in [3.8, 4) is 11.3 Å². The normalized spacial score (nSPS) is 11.5. The van der Waals surface area contributed by atoms with E-state index in [1.165, 1.54) is 6.07 Å². The van der Waals surface area contributed by atoms with Crippen molar-refractivity contribution < 1.29 is 13.2 Å². The Bertz CT molecular complexity index is 523. The molecule has 0 unspecified atom stereocenters. The summed E-state index contributed by atoms with van der Waals surface area (Å²) in [5.41, 5.74) is 6.06. The van der Waals surface area contributed by atoms with Crippen LogP contribution < -0.4 is 5.73 Å². The molecule has 0 saturated carbocycles. The lowest BCUT2D eigenvalue weighted by Gasteiger charge is -2.08. The van der Waals surface area contributed by atoms with Crippen LogP contribution in [0, 0.1) is 0 Å². The molecule has 3 nitrogen and oxygen atoms in total. The number of hydrogen-bond donors (Lipinski definition) is 1. The minimum Gasteiger partial charge on any atom is -0.384 e. The molecule has 0 amide bonds. The molecule has 1 heterocycles. The van der Waals surface area contributed by atoms with Gasteiger partial charge < -0.3 is 5.73 Å². The number of rotatable bonds is 1. The van der Waals surface area contributed by atoms with Gasteiger partial charge in [0.15, 0.2) is 0 Å². The fourth-order valence-corrected chi connectivity index (χ4v) is 1.35. The van der Waals surface area contributed by atoms with Gasteiger partial charge in [-0.2, -0.15) is 13.2 Å². The summed E-state index contributed by atoms with van der Waals surface area (Å²) in [5.74, 6) is -1.43. The van der Waals surface area contributed by atoms with Gasteiger partial charge in [0.1, 0.15) is 5.82 Å². The summed E-state index contributed by atoms with van der Waals surface area (Å²) in [7, 11) is 0. The van der Waals surface area contributed by atoms with Crippen LogP contribution in [0.25, 0.3) is 11.3 Å². The quantitative estimate of drug-likeness (QED) is 0.832. The van der Waals surface area contributed by atoms with Crippen molar-refractivity contribution in [1.29, 1.82) is 0 Å². The first-order valence-corrected chi connectivity index (χ1v) is 4.74. The van der Waals surface area contributed by atoms with Crippen molar-refractivity contribution in [2.45, 2.75) is 6.18 Å². The number of anilines is 1. The molecule has 0 aliphatic rings. The second-order valence-corrected chi connectivity index (χ2v) is 3.37. The maximum absolute atomic E-state index is 12.5. The SMILES string of the molecule is Nc1cc(-c2ccccc2)nc(C(F)(F)F)n1. The minimum atomic E-state index is -4.60. The first-order valence-electron chi connectivity index (χ1n) is 4.74. The predicted molar refractivity (Wildman–Crippen MR) is 56.9 cm³/mol. The summed E-state index contributed by atoms with van der Waals surface area (Å²) in [6.07, 6.45) is -4.60. The number of halogens is 3. The molecule has 2 N–H and O–H groups in total. The van der Waals surface area contributed by atoms with E-state index >= 15 is 0 Å². The molecule has 88 valence electrons. The highest BCUT2D eigenvalue weighted by atomic mass is 19.4. The Hall–Kier alpha value is -2.11. The highest BCUT2D eigenvalue weighted by Gasteiger charge is 2.35. The van der Waals surface area contributed by atoms with Crippen molar-refractivity contribution in [2.24, 2.45) is 0 Å². The van der Waals surface area contributed by atoms with E-state index in [1.807, 2.05) is 0 Å². The molecular formula is C11H8F3N3. The Morgan fingerprint density at radius 3 is 2.24 bits per heavy atom. The second-order valence-electron chi connectivity index (χ2n) is 3.37. The number of nitrogens with two attached hydrogens (primary N) is 1. The van der Waals surface area contributed by atoms with E-state index in [0.717, 1.165) is 0 Å². The Kier molecular flexibility index (Phi) is 2.71. The van der Waals surface area contributed by atoms with Crippen LogP contribution in [0.3, 0.4) is 0 Å². The van der Waals surface area contributed by atoms with Crippen LogP contribution in [0.2, 0.25) is 0 Å². The topological polar surface area (TPSA) is 51.8 Å². The van der Waals surface area contributed by atoms with E-state index in [1.54, 1.807) is 30.3 Å². The Morgan fingerprint density at radius 1 is 1.00 bits per heavy atom. The molecule has 17 heavy (non-hydrogen) atoms. The van der Waals surface area contributed by atoms with Crippen molar-refractivity contribution in [3.05, 3.63) is 42.2 Å². The Morgan fingerprint density at radius 2 is 1.65 bits per heavy atom. The van der Waals surface area contributed by atoms with Crippen LogP contribution in [0.1, 0.15) is 5.82 Å². The van der Waals surface area contributed by atoms with Crippen molar-refractivity contribution in [2.75, 3.05) is 5.73 Å². The van der Waals surface area contributed by atoms with Gasteiger partial charge in [0, 0.05) is 11.6 Å². The molecule has 0 atom stereocenters. The summed E-state index contributed by atoms with van der Waals surface area (Å²) in [4.78, 5) is 6.63. The predicted octanol–water partition coefficient (Wildman–Crippen LogP) is 2.74. The highest BCUT2D eigenvalue weighted by molar-refractivity contribution is 5.61. The lowest BCUT2D eigenvalue weighted by atomic mass is 10.1. The van der Waals surface area contributed by atoms with Gasteiger partial charge in [0.05, 0.1) is 5.69 Å². The molecule has 0 fully saturated rings. The summed E-state index contributed by atoms with van der Waals surface area (Å²) in [6.45, 7) is 0. The summed E-state index contributed by atoms with van der Waals surface area (Å²) >= 11 is 0. The summed E-state index contributed by atoms with van der Waals surface area (Å²) in [6, 6.07) is 9.80. The van der Waals surface area contributed by atoms with Crippen LogP contribution in [0.4, 0.5) is 19.0 Å². The van der Waals surface area contributed by atoms with Crippen molar-refractivity contribution in [3.63, 3.8) is 0 Å². The molecule has 6 heteroatoms. The molecule has 1 aromatic heterocycles. The van der Waals surface area contributed by atoms with Crippen LogP contribution >= 0.6 is 0 Å². The largest absolute Gasteiger partial charge is 0.451 e. The van der Waals surface area contributed by atoms with Gasteiger partial charge in [-0.1, -0.05) is 30.3 Å². The van der Waals surface area contributed by atoms with Gasteiger partial charge in [-0.15, -0.1) is 0 Å². The fourth-order valence-electron chi connectivity index (χ4n) is 1.35. The highest BCUT2D eigenvalue weighted by Crippen LogP contribution is 2.29. The zero-order valence-corrected chi connectivity index (χ0v) is 8.57. The summed E-state index contributed by atoms with van der Waals surface area (Å²) in [5, 5.41) is 0. The van der Waals surface area contributed by atoms with E-state index in [0.29, 0.717) is 5.56 Å². The monoisotopic (exact) mass is 239 g/mol. The van der Waals surface area contributed by atoms with Gasteiger partial charge in [-0.25, -0.2) is 9.97 Å². The number of benzene rings is 1. The standard InChI is InChI=1S/C11H8F3N3/c12-11(13,14)10-16-8(6-9(15)17-10)7-4-2-1-3-5-7/h1-6H,(H2,15,16,17). The van der Waals surface area contributed by atoms with Gasteiger partial charge in [-0.3, -0.25) is 0 Å². The third kappa shape index (κ3) is 2.52. The van der Waals surface area contributed by atoms with Gasteiger partial charge in [0.2, 0.25) is 5.82 Å². The average Bonchev–Trinajstić information content (AvgIpc) is 2.28. The van der Waals surface area contributed by atoms with Crippen molar-refractivity contribution in [1.82, 2.24) is 9.97 Å². The fraction of sp³-hybridized carbons (Fsp3) is 0.0909. The van der Waals surface area contributed by atoms with Gasteiger partial charge in [-0.05, 0) is 0 Å². The van der Waals surface area contributed by atoms with E-state index < -0.39 is 12.0 Å². The first-order chi connectivity index (χ1) is 7.97. The number of nitrogens with zero attached hydrogens (tertiary/aromatic N) is 2. The molecule has 2 rings (SSSR count). The Balaban J connectivity index is 2.54. The first kappa shape index (κ1) is 11.4. The molecule has 0 bridgehead atoms. The minimum absolute atomic E-state index is 0.158. The average molecular weight is 239 g/mol. The molecular weight excluding hydrogens is 231 g/mol. The maximum atomic E-state index is 12.5. The van der Waals surface area contributed by atoms with E-state index in [9.17, 15) is 13.2 Å². The number of nitrogen functional groups attached to an aromatic ring is 1. The third-order valence-electron chi connectivity index (χ3n) is 2.07. The number of hydrogen-bond acceptors (Lipinski definition) is 3. The molecule has 0 spiro atoms. The summed E-state index contributed by atoms with van der Waals surface area (Å²) < 4.78 is 37.4. The van der Waals surface area contributed by atoms with Crippen LogP contribution in [0.15, 0.2) is 36.4 Å². The Labute approximate surface area is 95.1 Å². The third-order valence-corrected chi connectivity index (χ3v) is 2.07. The van der Waals surface area contributed by atoms with Gasteiger partial charge in [0.25, 0.3) is 0 Å². The smallest absolute Gasteiger partial charge is 0.384 e. The number of aromatic nitrogens is 2. The molecule has 2 aromatic rings. The van der Waals surface area contributed by atoms with E-state index in [2.05, 4.69) is 9.97 Å². The lowest BCUT2D eigenvalue weighted by molar-refractivity contribution is -0.144. The maximum Gasteiger partial charge on any atom is 0.451 e. The zero-order valence-electron chi connectivity index (χ0n) is 8.57. The molecule has 0 aliphatic heterocycles. The van der Waals surface area contributed by atoms with E-state index in [-0.39, 0.29) is 11.5 Å². The molecule has 0 radical (unpaired) electrons. The molecule has 1 aromatic carbocycles. The number of alkyl halides is 3. The van der Waals surface area contributed by atoms with Crippen LogP contribution in [0.5, 0.6) is 0 Å². The van der Waals surface area contributed by atoms with Crippen LogP contribution in [-0.4, -0.2) is 9.97 Å². The van der Waals surface area contributed by atoms with E-state index in [4.69, 9.17) is 5.73 Å². The zero-order chi connectivity index (χ0) is 12.5. The van der Waals surface area contributed by atoms with Gasteiger partial charge >= 0.3 is 6.18 Å². The van der Waals surface area contributed by atoms with Crippen LogP contribution in [-0.2, 0) is 6.18 Å².